The summed E-state index contributed by atoms with van der Waals surface area (Å²) in [5.74, 6) is 2.15. The number of hydrogen-bond acceptors (Lipinski definition) is 7. The summed E-state index contributed by atoms with van der Waals surface area (Å²) in [4.78, 5) is 30.5. The molecule has 0 N–H and O–H groups in total. The third kappa shape index (κ3) is 3.31. The van der Waals surface area contributed by atoms with Gasteiger partial charge in [0, 0.05) is 49.7 Å². The Kier molecular flexibility index (Phi) is 4.41. The second kappa shape index (κ2) is 7.07. The fraction of sp³-hybridized carbons (Fsp3) is 0.600. The first-order valence-electron chi connectivity index (χ1n) is 10.2. The van der Waals surface area contributed by atoms with Gasteiger partial charge in [0.05, 0.1) is 7.11 Å². The maximum atomic E-state index is 12.8. The van der Waals surface area contributed by atoms with E-state index >= 15 is 0 Å². The minimum Gasteiger partial charge on any atom is -0.481 e. The average Bonchev–Trinajstić information content (AvgIpc) is 3.63. The second-order valence-electron chi connectivity index (χ2n) is 7.97. The summed E-state index contributed by atoms with van der Waals surface area (Å²) in [6.07, 6.45) is 11.8. The van der Waals surface area contributed by atoms with Crippen LogP contribution in [-0.4, -0.2) is 51.8 Å². The Morgan fingerprint density at radius 3 is 2.46 bits per heavy atom. The molecule has 3 fully saturated rings. The van der Waals surface area contributed by atoms with Gasteiger partial charge in [0.15, 0.2) is 5.82 Å². The summed E-state index contributed by atoms with van der Waals surface area (Å²) >= 11 is 0. The lowest BCUT2D eigenvalue weighted by Gasteiger charge is -2.39. The van der Waals surface area contributed by atoms with Crippen LogP contribution in [0.15, 0.2) is 29.6 Å². The minimum absolute atomic E-state index is 0.0584. The molecule has 148 valence electrons. The van der Waals surface area contributed by atoms with E-state index in [4.69, 9.17) is 4.74 Å². The Bertz CT molecular complexity index is 900. The summed E-state index contributed by atoms with van der Waals surface area (Å²) in [5, 5.41) is 0. The van der Waals surface area contributed by atoms with Crippen LogP contribution < -0.4 is 20.1 Å². The highest BCUT2D eigenvalue weighted by Gasteiger charge is 2.37. The number of nitrogens with zero attached hydrogens (tertiary/aromatic N) is 6. The molecule has 2 saturated carbocycles. The molecule has 1 aliphatic heterocycles. The molecule has 8 heteroatoms. The molecule has 2 aromatic rings. The number of hydrogen-bond donors (Lipinski definition) is 0. The minimum atomic E-state index is 0.0584. The molecule has 28 heavy (non-hydrogen) atoms. The van der Waals surface area contributed by atoms with E-state index in [2.05, 4.69) is 24.8 Å². The van der Waals surface area contributed by atoms with Crippen LogP contribution in [0.1, 0.15) is 44.6 Å². The van der Waals surface area contributed by atoms with Gasteiger partial charge in [-0.15, -0.1) is 0 Å². The molecule has 5 rings (SSSR count). The van der Waals surface area contributed by atoms with Gasteiger partial charge in [0.1, 0.15) is 12.1 Å². The van der Waals surface area contributed by atoms with E-state index in [0.29, 0.717) is 29.8 Å². The molecular weight excluding hydrogens is 356 g/mol. The molecule has 0 bridgehead atoms. The molecule has 3 aliphatic rings. The zero-order valence-corrected chi connectivity index (χ0v) is 16.2. The van der Waals surface area contributed by atoms with Gasteiger partial charge >= 0.3 is 0 Å². The first-order chi connectivity index (χ1) is 13.7. The molecule has 3 heterocycles. The van der Waals surface area contributed by atoms with Crippen molar-refractivity contribution in [3.05, 3.63) is 35.1 Å². The molecule has 0 spiro atoms. The number of piperidine rings is 1. The summed E-state index contributed by atoms with van der Waals surface area (Å²) < 4.78 is 7.14. The van der Waals surface area contributed by atoms with Crippen LogP contribution in [0.4, 0.5) is 11.6 Å². The molecule has 0 aromatic carbocycles. The number of ether oxygens (including phenoxy) is 1. The van der Waals surface area contributed by atoms with Gasteiger partial charge in [-0.3, -0.25) is 4.79 Å². The zero-order valence-electron chi connectivity index (χ0n) is 16.2. The molecule has 0 amide bonds. The Labute approximate surface area is 164 Å². The molecule has 0 atom stereocenters. The van der Waals surface area contributed by atoms with Crippen molar-refractivity contribution in [3.8, 4) is 5.88 Å². The number of methoxy groups -OCH3 is 1. The van der Waals surface area contributed by atoms with Crippen molar-refractivity contribution in [1.29, 1.82) is 0 Å². The van der Waals surface area contributed by atoms with Crippen molar-refractivity contribution in [2.45, 2.75) is 56.7 Å². The SMILES string of the molecule is COc1cc(N(C2CC2)C2CCN(c3nccn(C4CC4)c3=O)CC2)ncn1. The summed E-state index contributed by atoms with van der Waals surface area (Å²) in [6.45, 7) is 1.68. The lowest BCUT2D eigenvalue weighted by molar-refractivity contribution is 0.395. The maximum Gasteiger partial charge on any atom is 0.293 e. The first-order valence-corrected chi connectivity index (χ1v) is 10.2. The Balaban J connectivity index is 1.32. The van der Waals surface area contributed by atoms with Crippen LogP contribution in [0.3, 0.4) is 0 Å². The highest BCUT2D eigenvalue weighted by Crippen LogP contribution is 2.36. The fourth-order valence-corrected chi connectivity index (χ4v) is 4.23. The van der Waals surface area contributed by atoms with Crippen LogP contribution >= 0.6 is 0 Å². The van der Waals surface area contributed by atoms with E-state index < -0.39 is 0 Å². The average molecular weight is 382 g/mol. The predicted molar refractivity (Wildman–Crippen MR) is 106 cm³/mol. The topological polar surface area (TPSA) is 76.4 Å². The number of anilines is 2. The lowest BCUT2D eigenvalue weighted by Crippen LogP contribution is -2.48. The molecule has 0 unspecified atom stereocenters. The normalized spacial score (nSPS) is 20.2. The third-order valence-corrected chi connectivity index (χ3v) is 5.99. The highest BCUT2D eigenvalue weighted by atomic mass is 16.5. The predicted octanol–water partition coefficient (Wildman–Crippen LogP) is 2.01. The molecule has 1 saturated heterocycles. The molecule has 2 aromatic heterocycles. The van der Waals surface area contributed by atoms with Crippen molar-refractivity contribution in [3.63, 3.8) is 0 Å². The maximum absolute atomic E-state index is 12.8. The van der Waals surface area contributed by atoms with Crippen molar-refractivity contribution in [1.82, 2.24) is 19.5 Å². The van der Waals surface area contributed by atoms with E-state index in [0.717, 1.165) is 44.6 Å². The quantitative estimate of drug-likeness (QED) is 0.756. The first kappa shape index (κ1) is 17.5. The van der Waals surface area contributed by atoms with E-state index in [-0.39, 0.29) is 5.56 Å². The van der Waals surface area contributed by atoms with Gasteiger partial charge in [-0.05, 0) is 38.5 Å². The van der Waals surface area contributed by atoms with Crippen molar-refractivity contribution in [2.75, 3.05) is 30.0 Å². The van der Waals surface area contributed by atoms with Gasteiger partial charge in [-0.2, -0.15) is 0 Å². The number of aromatic nitrogens is 4. The standard InChI is InChI=1S/C20H26N6O2/c1-28-18-12-17(22-13-23-18)26(15-4-5-15)16-6-9-24(10-7-16)19-20(27)25(11-8-21-19)14-2-3-14/h8,11-16H,2-7,9-10H2,1H3. The smallest absolute Gasteiger partial charge is 0.293 e. The molecule has 0 radical (unpaired) electrons. The van der Waals surface area contributed by atoms with Crippen LogP contribution in [0, 0.1) is 0 Å². The lowest BCUT2D eigenvalue weighted by atomic mass is 10.0. The van der Waals surface area contributed by atoms with E-state index in [9.17, 15) is 4.79 Å². The van der Waals surface area contributed by atoms with Crippen LogP contribution in [0.25, 0.3) is 0 Å². The molecular formula is C20H26N6O2. The Hall–Kier alpha value is -2.64. The van der Waals surface area contributed by atoms with E-state index in [1.807, 2.05) is 16.8 Å². The molecule has 2 aliphatic carbocycles. The van der Waals surface area contributed by atoms with Crippen molar-refractivity contribution < 1.29 is 4.74 Å². The fourth-order valence-electron chi connectivity index (χ4n) is 4.23. The van der Waals surface area contributed by atoms with Gasteiger partial charge in [0.2, 0.25) is 5.88 Å². The van der Waals surface area contributed by atoms with Gasteiger partial charge in [0.25, 0.3) is 5.56 Å². The van der Waals surface area contributed by atoms with Gasteiger partial charge in [-0.1, -0.05) is 0 Å². The van der Waals surface area contributed by atoms with Gasteiger partial charge < -0.3 is 19.1 Å². The van der Waals surface area contributed by atoms with Crippen LogP contribution in [0.2, 0.25) is 0 Å². The Morgan fingerprint density at radius 1 is 1.04 bits per heavy atom. The largest absolute Gasteiger partial charge is 0.481 e. The van der Waals surface area contributed by atoms with Crippen molar-refractivity contribution >= 4 is 11.6 Å². The van der Waals surface area contributed by atoms with E-state index in [1.54, 1.807) is 19.6 Å². The zero-order chi connectivity index (χ0) is 19.1. The van der Waals surface area contributed by atoms with Crippen LogP contribution in [0.5, 0.6) is 5.88 Å². The third-order valence-electron chi connectivity index (χ3n) is 5.99. The van der Waals surface area contributed by atoms with Gasteiger partial charge in [-0.25, -0.2) is 15.0 Å². The summed E-state index contributed by atoms with van der Waals surface area (Å²) in [6, 6.07) is 3.28. The van der Waals surface area contributed by atoms with Crippen LogP contribution in [-0.2, 0) is 0 Å². The summed E-state index contributed by atoms with van der Waals surface area (Å²) in [5.41, 5.74) is 0.0584. The Morgan fingerprint density at radius 2 is 1.79 bits per heavy atom. The second-order valence-corrected chi connectivity index (χ2v) is 7.97. The highest BCUT2D eigenvalue weighted by molar-refractivity contribution is 5.46. The van der Waals surface area contributed by atoms with E-state index in [1.165, 1.54) is 12.8 Å². The summed E-state index contributed by atoms with van der Waals surface area (Å²) in [7, 11) is 1.63. The number of rotatable bonds is 6. The van der Waals surface area contributed by atoms with Crippen molar-refractivity contribution in [2.24, 2.45) is 0 Å². The monoisotopic (exact) mass is 382 g/mol. The molecule has 8 nitrogen and oxygen atoms in total.